The summed E-state index contributed by atoms with van der Waals surface area (Å²) in [6, 6.07) is 0. The van der Waals surface area contributed by atoms with Crippen molar-refractivity contribution in [3.63, 3.8) is 0 Å². The summed E-state index contributed by atoms with van der Waals surface area (Å²) in [7, 11) is 1.89. The average molecular weight is 188 g/mol. The molecule has 1 unspecified atom stereocenters. The van der Waals surface area contributed by atoms with Gasteiger partial charge in [0.05, 0.1) is 13.2 Å². The van der Waals surface area contributed by atoms with Gasteiger partial charge in [0.1, 0.15) is 0 Å². The van der Waals surface area contributed by atoms with E-state index in [1.54, 1.807) is 6.92 Å². The van der Waals surface area contributed by atoms with Gasteiger partial charge in [0.2, 0.25) is 0 Å². The third kappa shape index (κ3) is 6.54. The molecule has 0 aromatic heterocycles. The average Bonchev–Trinajstić information content (AvgIpc) is 2.04. The van der Waals surface area contributed by atoms with E-state index in [1.165, 1.54) is 0 Å². The second kappa shape index (κ2) is 6.86. The number of carbonyl (C=O) groups excluding carboxylic acids is 1. The van der Waals surface area contributed by atoms with Crippen LogP contribution in [0.15, 0.2) is 0 Å². The monoisotopic (exact) mass is 188 g/mol. The number of ether oxygens (including phenoxy) is 1. The molecule has 0 aliphatic rings. The number of hydrogen-bond acceptors (Lipinski definition) is 4. The fourth-order valence-corrected chi connectivity index (χ4v) is 1.10. The van der Waals surface area contributed by atoms with Crippen molar-refractivity contribution in [2.24, 2.45) is 11.7 Å². The van der Waals surface area contributed by atoms with Crippen molar-refractivity contribution < 1.29 is 9.53 Å². The van der Waals surface area contributed by atoms with E-state index >= 15 is 0 Å². The SMILES string of the molecule is CCOC(=O)CN(C)CC(C)CN. The highest BCUT2D eigenvalue weighted by Crippen LogP contribution is 1.95. The Kier molecular flexibility index (Phi) is 6.54. The second-order valence-electron chi connectivity index (χ2n) is 3.34. The van der Waals surface area contributed by atoms with Crippen LogP contribution in [0, 0.1) is 5.92 Å². The molecular formula is C9H20N2O2. The topological polar surface area (TPSA) is 55.6 Å². The zero-order valence-electron chi connectivity index (χ0n) is 8.75. The Labute approximate surface area is 80.0 Å². The minimum Gasteiger partial charge on any atom is -0.465 e. The lowest BCUT2D eigenvalue weighted by atomic mass is 10.2. The summed E-state index contributed by atoms with van der Waals surface area (Å²) in [4.78, 5) is 13.0. The van der Waals surface area contributed by atoms with E-state index in [4.69, 9.17) is 10.5 Å². The van der Waals surface area contributed by atoms with Gasteiger partial charge in [0.15, 0.2) is 0 Å². The molecule has 0 aliphatic heterocycles. The minimum atomic E-state index is -0.172. The van der Waals surface area contributed by atoms with E-state index < -0.39 is 0 Å². The predicted molar refractivity (Wildman–Crippen MR) is 52.3 cm³/mol. The smallest absolute Gasteiger partial charge is 0.320 e. The molecule has 0 rings (SSSR count). The first-order valence-corrected chi connectivity index (χ1v) is 4.64. The molecule has 0 saturated heterocycles. The van der Waals surface area contributed by atoms with Crippen LogP contribution in [0.1, 0.15) is 13.8 Å². The van der Waals surface area contributed by atoms with Crippen molar-refractivity contribution in [2.75, 3.05) is 33.3 Å². The van der Waals surface area contributed by atoms with Gasteiger partial charge in [-0.25, -0.2) is 0 Å². The normalized spacial score (nSPS) is 13.0. The molecule has 0 bridgehead atoms. The van der Waals surface area contributed by atoms with Crippen LogP contribution in [0.5, 0.6) is 0 Å². The minimum absolute atomic E-state index is 0.172. The van der Waals surface area contributed by atoms with Crippen molar-refractivity contribution in [2.45, 2.75) is 13.8 Å². The van der Waals surface area contributed by atoms with Gasteiger partial charge >= 0.3 is 5.97 Å². The second-order valence-corrected chi connectivity index (χ2v) is 3.34. The summed E-state index contributed by atoms with van der Waals surface area (Å²) in [5.74, 6) is 0.244. The number of esters is 1. The molecule has 0 spiro atoms. The molecule has 2 N–H and O–H groups in total. The summed E-state index contributed by atoms with van der Waals surface area (Å²) < 4.78 is 4.82. The van der Waals surface area contributed by atoms with Crippen LogP contribution in [-0.2, 0) is 9.53 Å². The summed E-state index contributed by atoms with van der Waals surface area (Å²) in [5.41, 5.74) is 5.47. The molecule has 0 fully saturated rings. The van der Waals surface area contributed by atoms with Crippen molar-refractivity contribution in [1.29, 1.82) is 0 Å². The highest BCUT2D eigenvalue weighted by Gasteiger charge is 2.09. The molecule has 0 saturated carbocycles. The molecule has 0 aliphatic carbocycles. The molecule has 0 aromatic carbocycles. The van der Waals surface area contributed by atoms with Gasteiger partial charge in [-0.05, 0) is 26.4 Å². The third-order valence-electron chi connectivity index (χ3n) is 1.73. The quantitative estimate of drug-likeness (QED) is 0.600. The van der Waals surface area contributed by atoms with Gasteiger partial charge < -0.3 is 10.5 Å². The molecule has 0 radical (unpaired) electrons. The Balaban J connectivity index is 3.60. The maximum absolute atomic E-state index is 11.0. The van der Waals surface area contributed by atoms with Gasteiger partial charge in [0, 0.05) is 6.54 Å². The zero-order valence-corrected chi connectivity index (χ0v) is 8.75. The Morgan fingerprint density at radius 2 is 2.23 bits per heavy atom. The van der Waals surface area contributed by atoms with Gasteiger partial charge in [-0.15, -0.1) is 0 Å². The fourth-order valence-electron chi connectivity index (χ4n) is 1.10. The molecule has 1 atom stereocenters. The van der Waals surface area contributed by atoms with E-state index in [2.05, 4.69) is 6.92 Å². The van der Waals surface area contributed by atoms with E-state index in [9.17, 15) is 4.79 Å². The van der Waals surface area contributed by atoms with Gasteiger partial charge in [-0.1, -0.05) is 6.92 Å². The first-order valence-electron chi connectivity index (χ1n) is 4.64. The molecule has 0 amide bonds. The van der Waals surface area contributed by atoms with E-state index in [1.807, 2.05) is 11.9 Å². The van der Waals surface area contributed by atoms with E-state index in [-0.39, 0.29) is 5.97 Å². The van der Waals surface area contributed by atoms with Gasteiger partial charge in [-0.2, -0.15) is 0 Å². The Morgan fingerprint density at radius 1 is 1.62 bits per heavy atom. The first kappa shape index (κ1) is 12.4. The van der Waals surface area contributed by atoms with Gasteiger partial charge in [-0.3, -0.25) is 9.69 Å². The summed E-state index contributed by atoms with van der Waals surface area (Å²) >= 11 is 0. The zero-order chi connectivity index (χ0) is 10.3. The lowest BCUT2D eigenvalue weighted by Crippen LogP contribution is -2.33. The van der Waals surface area contributed by atoms with E-state index in [0.717, 1.165) is 6.54 Å². The summed E-state index contributed by atoms with van der Waals surface area (Å²) in [6.45, 7) is 6.13. The number of hydrogen-bond donors (Lipinski definition) is 1. The molecule has 4 heteroatoms. The molecule has 0 heterocycles. The Bertz CT molecular complexity index is 151. The number of rotatable bonds is 6. The maximum atomic E-state index is 11.0. The molecule has 4 nitrogen and oxygen atoms in total. The number of carbonyl (C=O) groups is 1. The van der Waals surface area contributed by atoms with Crippen LogP contribution in [0.3, 0.4) is 0 Å². The Hall–Kier alpha value is -0.610. The standard InChI is InChI=1S/C9H20N2O2/c1-4-13-9(12)7-11(3)6-8(2)5-10/h8H,4-7,10H2,1-3H3. The fraction of sp³-hybridized carbons (Fsp3) is 0.889. The number of nitrogens with two attached hydrogens (primary N) is 1. The summed E-state index contributed by atoms with van der Waals surface area (Å²) in [6.07, 6.45) is 0. The van der Waals surface area contributed by atoms with Crippen LogP contribution in [-0.4, -0.2) is 44.2 Å². The van der Waals surface area contributed by atoms with Crippen molar-refractivity contribution in [1.82, 2.24) is 4.90 Å². The largest absolute Gasteiger partial charge is 0.465 e. The predicted octanol–water partition coefficient (Wildman–Crippen LogP) is 0.0761. The lowest BCUT2D eigenvalue weighted by Gasteiger charge is -2.18. The van der Waals surface area contributed by atoms with Crippen LogP contribution in [0.2, 0.25) is 0 Å². The summed E-state index contributed by atoms with van der Waals surface area (Å²) in [5, 5.41) is 0. The maximum Gasteiger partial charge on any atom is 0.320 e. The van der Waals surface area contributed by atoms with Crippen LogP contribution in [0.4, 0.5) is 0 Å². The van der Waals surface area contributed by atoms with Crippen molar-refractivity contribution in [3.05, 3.63) is 0 Å². The van der Waals surface area contributed by atoms with Gasteiger partial charge in [0.25, 0.3) is 0 Å². The third-order valence-corrected chi connectivity index (χ3v) is 1.73. The van der Waals surface area contributed by atoms with Crippen molar-refractivity contribution in [3.8, 4) is 0 Å². The van der Waals surface area contributed by atoms with Crippen LogP contribution in [0.25, 0.3) is 0 Å². The molecular weight excluding hydrogens is 168 g/mol. The Morgan fingerprint density at radius 3 is 2.69 bits per heavy atom. The number of likely N-dealkylation sites (N-methyl/N-ethyl adjacent to an activating group) is 1. The van der Waals surface area contributed by atoms with Crippen LogP contribution < -0.4 is 5.73 Å². The molecule has 78 valence electrons. The van der Waals surface area contributed by atoms with E-state index in [0.29, 0.717) is 25.6 Å². The highest BCUT2D eigenvalue weighted by atomic mass is 16.5. The number of nitrogens with zero attached hydrogens (tertiary/aromatic N) is 1. The lowest BCUT2D eigenvalue weighted by molar-refractivity contribution is -0.144. The first-order chi connectivity index (χ1) is 6.10. The van der Waals surface area contributed by atoms with Crippen LogP contribution >= 0.6 is 0 Å². The molecule has 13 heavy (non-hydrogen) atoms. The molecule has 0 aromatic rings. The highest BCUT2D eigenvalue weighted by molar-refractivity contribution is 5.71. The van der Waals surface area contributed by atoms with Crippen molar-refractivity contribution >= 4 is 5.97 Å².